The van der Waals surface area contributed by atoms with Gasteiger partial charge in [-0.25, -0.2) is 0 Å². The first-order valence-corrected chi connectivity index (χ1v) is 10.8. The van der Waals surface area contributed by atoms with Gasteiger partial charge in [-0.15, -0.1) is 0 Å². The minimum Gasteiger partial charge on any atom is -0.507 e. The highest BCUT2D eigenvalue weighted by Gasteiger charge is 2.46. The Hall–Kier alpha value is -3.93. The number of ether oxygens (including phenoxy) is 1. The predicted molar refractivity (Wildman–Crippen MR) is 126 cm³/mol. The van der Waals surface area contributed by atoms with E-state index in [9.17, 15) is 14.7 Å². The molecule has 0 saturated carbocycles. The Morgan fingerprint density at radius 2 is 1.64 bits per heavy atom. The molecule has 2 aromatic carbocycles. The molecular formula is C27H26N2O4. The molecule has 1 fully saturated rings. The fourth-order valence-corrected chi connectivity index (χ4v) is 4.04. The maximum atomic E-state index is 13.2. The molecule has 1 saturated heterocycles. The summed E-state index contributed by atoms with van der Waals surface area (Å²) < 4.78 is 5.18. The van der Waals surface area contributed by atoms with Crippen molar-refractivity contribution in [2.75, 3.05) is 7.11 Å². The molecule has 1 amide bonds. The van der Waals surface area contributed by atoms with Crippen molar-refractivity contribution in [1.82, 2.24) is 9.88 Å². The van der Waals surface area contributed by atoms with Crippen LogP contribution in [0.15, 0.2) is 78.6 Å². The van der Waals surface area contributed by atoms with Gasteiger partial charge in [0.25, 0.3) is 11.7 Å². The molecule has 6 nitrogen and oxygen atoms in total. The third kappa shape index (κ3) is 4.37. The average molecular weight is 443 g/mol. The number of nitrogens with zero attached hydrogens (tertiary/aromatic N) is 2. The van der Waals surface area contributed by atoms with Crippen LogP contribution in [0.1, 0.15) is 48.1 Å². The van der Waals surface area contributed by atoms with Crippen molar-refractivity contribution in [3.05, 3.63) is 101 Å². The Morgan fingerprint density at radius 1 is 1.00 bits per heavy atom. The summed E-state index contributed by atoms with van der Waals surface area (Å²) >= 11 is 0. The Labute approximate surface area is 193 Å². The predicted octanol–water partition coefficient (Wildman–Crippen LogP) is 4.84. The number of ketones is 1. The molecule has 0 unspecified atom stereocenters. The van der Waals surface area contributed by atoms with Crippen LogP contribution in [0.25, 0.3) is 5.76 Å². The molecule has 0 aliphatic carbocycles. The third-order valence-corrected chi connectivity index (χ3v) is 5.92. The summed E-state index contributed by atoms with van der Waals surface area (Å²) in [4.78, 5) is 31.8. The van der Waals surface area contributed by atoms with E-state index in [-0.39, 0.29) is 17.9 Å². The van der Waals surface area contributed by atoms with Crippen molar-refractivity contribution < 1.29 is 19.4 Å². The second kappa shape index (κ2) is 9.28. The number of hydrogen-bond donors (Lipinski definition) is 1. The molecule has 1 aromatic heterocycles. The van der Waals surface area contributed by atoms with Crippen molar-refractivity contribution >= 4 is 17.4 Å². The van der Waals surface area contributed by atoms with Crippen molar-refractivity contribution in [2.45, 2.75) is 32.4 Å². The highest BCUT2D eigenvalue weighted by Crippen LogP contribution is 2.40. The van der Waals surface area contributed by atoms with Crippen LogP contribution in [0.4, 0.5) is 0 Å². The zero-order valence-electron chi connectivity index (χ0n) is 18.9. The fraction of sp³-hybridized carbons (Fsp3) is 0.222. The molecule has 6 heteroatoms. The van der Waals surface area contributed by atoms with Crippen molar-refractivity contribution in [1.29, 1.82) is 0 Å². The second-order valence-electron chi connectivity index (χ2n) is 8.33. The van der Waals surface area contributed by atoms with Gasteiger partial charge in [0.2, 0.25) is 0 Å². The van der Waals surface area contributed by atoms with Gasteiger partial charge in [0.1, 0.15) is 11.5 Å². The number of carbonyl (C=O) groups is 2. The number of aromatic nitrogens is 1. The summed E-state index contributed by atoms with van der Waals surface area (Å²) in [6.07, 6.45) is 3.30. The summed E-state index contributed by atoms with van der Waals surface area (Å²) in [5.74, 6) is -0.562. The van der Waals surface area contributed by atoms with Crippen LogP contribution < -0.4 is 4.74 Å². The lowest BCUT2D eigenvalue weighted by atomic mass is 9.93. The van der Waals surface area contributed by atoms with E-state index in [1.807, 2.05) is 36.4 Å². The molecular weight excluding hydrogens is 416 g/mol. The summed E-state index contributed by atoms with van der Waals surface area (Å²) in [5, 5.41) is 11.2. The average Bonchev–Trinajstić information content (AvgIpc) is 3.09. The number of aliphatic hydroxyl groups excluding tert-OH is 1. The number of likely N-dealkylation sites (tertiary alicyclic amines) is 1. The largest absolute Gasteiger partial charge is 0.507 e. The van der Waals surface area contributed by atoms with Crippen molar-refractivity contribution in [3.8, 4) is 5.75 Å². The first-order valence-electron chi connectivity index (χ1n) is 10.8. The zero-order chi connectivity index (χ0) is 23.5. The minimum atomic E-state index is -0.707. The smallest absolute Gasteiger partial charge is 0.295 e. The normalized spacial score (nSPS) is 17.6. The van der Waals surface area contributed by atoms with Gasteiger partial charge in [0, 0.05) is 24.5 Å². The van der Waals surface area contributed by atoms with E-state index in [2.05, 4.69) is 18.8 Å². The Balaban J connectivity index is 1.83. The Bertz CT molecular complexity index is 1180. The van der Waals surface area contributed by atoms with Gasteiger partial charge in [-0.2, -0.15) is 0 Å². The highest BCUT2D eigenvalue weighted by molar-refractivity contribution is 6.46. The maximum absolute atomic E-state index is 13.2. The summed E-state index contributed by atoms with van der Waals surface area (Å²) in [6.45, 7) is 4.44. The third-order valence-electron chi connectivity index (χ3n) is 5.92. The number of rotatable bonds is 6. The number of hydrogen-bond acceptors (Lipinski definition) is 5. The van der Waals surface area contributed by atoms with E-state index in [0.717, 1.165) is 16.7 Å². The lowest BCUT2D eigenvalue weighted by Gasteiger charge is -2.25. The van der Waals surface area contributed by atoms with Crippen LogP contribution >= 0.6 is 0 Å². The highest BCUT2D eigenvalue weighted by atomic mass is 16.5. The van der Waals surface area contributed by atoms with E-state index in [1.54, 1.807) is 43.8 Å². The van der Waals surface area contributed by atoms with E-state index >= 15 is 0 Å². The number of benzene rings is 2. The van der Waals surface area contributed by atoms with Crippen molar-refractivity contribution in [2.24, 2.45) is 0 Å². The molecule has 168 valence electrons. The first kappa shape index (κ1) is 22.3. The van der Waals surface area contributed by atoms with E-state index in [4.69, 9.17) is 4.74 Å². The maximum Gasteiger partial charge on any atom is 0.295 e. The standard InChI is InChI=1S/C27H26N2O4/c1-17(2)19-4-6-20(7-5-19)24-23(25(30)21-8-10-22(33-3)11-9-21)26(31)27(32)29(24)16-18-12-14-28-15-13-18/h4-15,17,24,30H,16H2,1-3H3/t24-/m1/s1. The number of methoxy groups -OCH3 is 1. The van der Waals surface area contributed by atoms with Crippen molar-refractivity contribution in [3.63, 3.8) is 0 Å². The van der Waals surface area contributed by atoms with Gasteiger partial charge in [-0.3, -0.25) is 14.6 Å². The number of amides is 1. The Kier molecular flexibility index (Phi) is 6.27. The van der Waals surface area contributed by atoms with E-state index in [1.165, 1.54) is 4.90 Å². The van der Waals surface area contributed by atoms with Crippen LogP contribution in [-0.4, -0.2) is 33.8 Å². The molecule has 2 heterocycles. The molecule has 1 aliphatic heterocycles. The molecule has 33 heavy (non-hydrogen) atoms. The van der Waals surface area contributed by atoms with Gasteiger partial charge in [-0.1, -0.05) is 38.1 Å². The first-order chi connectivity index (χ1) is 15.9. The monoisotopic (exact) mass is 442 g/mol. The van der Waals surface area contributed by atoms with Crippen LogP contribution in [-0.2, 0) is 16.1 Å². The van der Waals surface area contributed by atoms with Gasteiger partial charge >= 0.3 is 0 Å². The fourth-order valence-electron chi connectivity index (χ4n) is 4.04. The number of Topliss-reactive ketones (excluding diaryl/α,β-unsaturated/α-hetero) is 1. The molecule has 1 N–H and O–H groups in total. The quantitative estimate of drug-likeness (QED) is 0.336. The van der Waals surface area contributed by atoms with Gasteiger partial charge < -0.3 is 14.7 Å². The minimum absolute atomic E-state index is 0.0801. The van der Waals surface area contributed by atoms with Gasteiger partial charge in [0.05, 0.1) is 18.7 Å². The molecule has 0 spiro atoms. The summed E-state index contributed by atoms with van der Waals surface area (Å²) in [5.41, 5.74) is 3.29. The molecule has 3 aromatic rings. The van der Waals surface area contributed by atoms with Crippen LogP contribution in [0.2, 0.25) is 0 Å². The Morgan fingerprint density at radius 3 is 2.21 bits per heavy atom. The number of carbonyl (C=O) groups excluding carboxylic acids is 2. The zero-order valence-corrected chi connectivity index (χ0v) is 18.9. The van der Waals surface area contributed by atoms with Crippen LogP contribution in [0, 0.1) is 0 Å². The lowest BCUT2D eigenvalue weighted by molar-refractivity contribution is -0.140. The topological polar surface area (TPSA) is 79.7 Å². The SMILES string of the molecule is COc1ccc(C(O)=C2C(=O)C(=O)N(Cc3ccncc3)[C@@H]2c2ccc(C(C)C)cc2)cc1. The van der Waals surface area contributed by atoms with E-state index in [0.29, 0.717) is 17.2 Å². The lowest BCUT2D eigenvalue weighted by Crippen LogP contribution is -2.29. The number of pyridine rings is 1. The second-order valence-corrected chi connectivity index (χ2v) is 8.33. The van der Waals surface area contributed by atoms with Crippen LogP contribution in [0.5, 0.6) is 5.75 Å². The van der Waals surface area contributed by atoms with E-state index < -0.39 is 17.7 Å². The number of aliphatic hydroxyl groups is 1. The summed E-state index contributed by atoms with van der Waals surface area (Å²) in [7, 11) is 1.56. The van der Waals surface area contributed by atoms with Crippen LogP contribution in [0.3, 0.4) is 0 Å². The summed E-state index contributed by atoms with van der Waals surface area (Å²) in [6, 6.07) is 17.5. The molecule has 0 radical (unpaired) electrons. The molecule has 1 aliphatic rings. The molecule has 0 bridgehead atoms. The van der Waals surface area contributed by atoms with Gasteiger partial charge in [-0.05, 0) is 59.0 Å². The molecule has 1 atom stereocenters. The van der Waals surface area contributed by atoms with Gasteiger partial charge in [0.15, 0.2) is 0 Å². The molecule has 4 rings (SSSR count).